The van der Waals surface area contributed by atoms with Crippen molar-refractivity contribution < 1.29 is 18.7 Å². The average molecular weight is 294 g/mol. The van der Waals surface area contributed by atoms with Crippen molar-refractivity contribution in [3.63, 3.8) is 0 Å². The van der Waals surface area contributed by atoms with Crippen molar-refractivity contribution in [2.24, 2.45) is 0 Å². The van der Waals surface area contributed by atoms with Crippen LogP contribution in [0.25, 0.3) is 0 Å². The van der Waals surface area contributed by atoms with Gasteiger partial charge in [0.25, 0.3) is 5.91 Å². The summed E-state index contributed by atoms with van der Waals surface area (Å²) in [5, 5.41) is 4.64. The Kier molecular flexibility index (Phi) is 4.41. The smallest absolute Gasteiger partial charge is 0.341 e. The first-order chi connectivity index (χ1) is 9.61. The number of ether oxygens (including phenoxy) is 1. The minimum absolute atomic E-state index is 0.203. The lowest BCUT2D eigenvalue weighted by atomic mass is 10.2. The van der Waals surface area contributed by atoms with Gasteiger partial charge in [-0.05, 0) is 30.5 Å². The van der Waals surface area contributed by atoms with E-state index in [1.54, 1.807) is 18.4 Å². The van der Waals surface area contributed by atoms with Gasteiger partial charge in [-0.25, -0.2) is 9.78 Å². The molecule has 1 N–H and O–H groups in total. The molecule has 2 heterocycles. The largest absolute Gasteiger partial charge is 0.462 e. The zero-order chi connectivity index (χ0) is 14.5. The quantitative estimate of drug-likeness (QED) is 0.695. The Bertz CT molecular complexity index is 625. The van der Waals surface area contributed by atoms with E-state index in [0.717, 1.165) is 12.3 Å². The number of carbonyl (C=O) groups is 2. The summed E-state index contributed by atoms with van der Waals surface area (Å²) in [6, 6.07) is 3.98. The number of hydrogen-bond acceptors (Lipinski definition) is 5. The molecule has 0 aliphatic rings. The van der Waals surface area contributed by atoms with Crippen LogP contribution in [0.5, 0.6) is 0 Å². The van der Waals surface area contributed by atoms with E-state index in [-0.39, 0.29) is 12.2 Å². The zero-order valence-electron chi connectivity index (χ0n) is 10.6. The summed E-state index contributed by atoms with van der Waals surface area (Å²) < 4.78 is 17.6. The third-order valence-corrected chi connectivity index (χ3v) is 3.21. The molecule has 7 heteroatoms. The van der Waals surface area contributed by atoms with Crippen molar-refractivity contribution in [2.75, 3.05) is 11.9 Å². The fraction of sp³-hybridized carbons (Fsp3) is 0.154. The van der Waals surface area contributed by atoms with Crippen LogP contribution in [-0.4, -0.2) is 23.5 Å². The van der Waals surface area contributed by atoms with Crippen molar-refractivity contribution in [3.8, 4) is 0 Å². The van der Waals surface area contributed by atoms with Crippen LogP contribution in [0.15, 0.2) is 29.8 Å². The molecule has 0 fully saturated rings. The van der Waals surface area contributed by atoms with Crippen LogP contribution in [0.3, 0.4) is 0 Å². The van der Waals surface area contributed by atoms with Crippen molar-refractivity contribution in [3.05, 3.63) is 46.9 Å². The summed E-state index contributed by atoms with van der Waals surface area (Å²) in [4.78, 5) is 27.0. The summed E-state index contributed by atoms with van der Waals surface area (Å²) in [6.07, 6.45) is 1.13. The Morgan fingerprint density at radius 3 is 2.85 bits per heavy atom. The summed E-state index contributed by atoms with van der Waals surface area (Å²) in [7, 11) is 0. The molecule has 0 bridgehead atoms. The highest BCUT2D eigenvalue weighted by atomic mass is 32.1. The third-order valence-electron chi connectivity index (χ3n) is 2.38. The predicted octanol–water partition coefficient (Wildman–Crippen LogP) is 2.71. The first-order valence-corrected chi connectivity index (χ1v) is 6.67. The molecule has 0 unspecified atom stereocenters. The lowest BCUT2D eigenvalue weighted by Gasteiger charge is -2.05. The fourth-order valence-corrected chi connectivity index (χ4v) is 2.23. The molecule has 2 aromatic heterocycles. The van der Waals surface area contributed by atoms with Gasteiger partial charge in [-0.3, -0.25) is 4.79 Å². The number of carbonyl (C=O) groups excluding carboxylic acids is 2. The van der Waals surface area contributed by atoms with Gasteiger partial charge in [0.1, 0.15) is 5.00 Å². The molecule has 1 amide bonds. The van der Waals surface area contributed by atoms with Crippen molar-refractivity contribution in [2.45, 2.75) is 6.92 Å². The molecule has 104 valence electrons. The zero-order valence-corrected chi connectivity index (χ0v) is 11.4. The molecule has 0 aromatic carbocycles. The molecule has 0 atom stereocenters. The van der Waals surface area contributed by atoms with Gasteiger partial charge in [0.2, 0.25) is 5.95 Å². The summed E-state index contributed by atoms with van der Waals surface area (Å²) in [6.45, 7) is 1.96. The number of nitrogens with one attached hydrogen (secondary N) is 1. The molecule has 0 aliphatic heterocycles. The minimum atomic E-state index is -0.662. The van der Waals surface area contributed by atoms with Gasteiger partial charge in [0, 0.05) is 6.20 Å². The van der Waals surface area contributed by atoms with Crippen molar-refractivity contribution >= 4 is 28.2 Å². The maximum atomic E-state index is 12.7. The lowest BCUT2D eigenvalue weighted by Crippen LogP contribution is -2.14. The van der Waals surface area contributed by atoms with Crippen LogP contribution < -0.4 is 5.32 Å². The molecule has 2 aromatic rings. The van der Waals surface area contributed by atoms with Gasteiger partial charge in [-0.1, -0.05) is 0 Å². The molecular weight excluding hydrogens is 283 g/mol. The van der Waals surface area contributed by atoms with Gasteiger partial charge in [0.15, 0.2) is 0 Å². The first kappa shape index (κ1) is 14.1. The maximum Gasteiger partial charge on any atom is 0.341 e. The van der Waals surface area contributed by atoms with Crippen LogP contribution in [0.1, 0.15) is 27.6 Å². The lowest BCUT2D eigenvalue weighted by molar-refractivity contribution is 0.0528. The Morgan fingerprint density at radius 2 is 2.20 bits per heavy atom. The normalized spacial score (nSPS) is 10.1. The number of amides is 1. The van der Waals surface area contributed by atoms with Crippen molar-refractivity contribution in [1.29, 1.82) is 0 Å². The van der Waals surface area contributed by atoms with Gasteiger partial charge < -0.3 is 10.1 Å². The van der Waals surface area contributed by atoms with E-state index in [2.05, 4.69) is 10.3 Å². The topological polar surface area (TPSA) is 68.3 Å². The summed E-state index contributed by atoms with van der Waals surface area (Å²) in [5.74, 6) is -1.63. The second-order valence-electron chi connectivity index (χ2n) is 3.71. The number of rotatable bonds is 4. The highest BCUT2D eigenvalue weighted by Crippen LogP contribution is 2.24. The second-order valence-corrected chi connectivity index (χ2v) is 4.62. The maximum absolute atomic E-state index is 12.7. The number of halogens is 1. The molecule has 0 spiro atoms. The van der Waals surface area contributed by atoms with Gasteiger partial charge in [-0.15, -0.1) is 11.3 Å². The average Bonchev–Trinajstić information content (AvgIpc) is 2.88. The number of hydrogen-bond donors (Lipinski definition) is 1. The van der Waals surface area contributed by atoms with E-state index in [1.165, 1.54) is 17.4 Å². The highest BCUT2D eigenvalue weighted by molar-refractivity contribution is 7.14. The van der Waals surface area contributed by atoms with Gasteiger partial charge in [-0.2, -0.15) is 4.39 Å². The van der Waals surface area contributed by atoms with Crippen LogP contribution >= 0.6 is 11.3 Å². The number of thiophene rings is 1. The Labute approximate surface area is 118 Å². The fourth-order valence-electron chi connectivity index (χ4n) is 1.46. The van der Waals surface area contributed by atoms with E-state index in [9.17, 15) is 14.0 Å². The number of aromatic nitrogens is 1. The number of nitrogens with zero attached hydrogens (tertiary/aromatic N) is 1. The number of esters is 1. The Morgan fingerprint density at radius 1 is 1.40 bits per heavy atom. The second kappa shape index (κ2) is 6.25. The molecule has 5 nitrogen and oxygen atoms in total. The van der Waals surface area contributed by atoms with E-state index in [4.69, 9.17) is 4.74 Å². The molecule has 20 heavy (non-hydrogen) atoms. The van der Waals surface area contributed by atoms with E-state index >= 15 is 0 Å². The van der Waals surface area contributed by atoms with E-state index in [1.807, 2.05) is 0 Å². The van der Waals surface area contributed by atoms with Crippen LogP contribution in [0.2, 0.25) is 0 Å². The molecule has 0 saturated carbocycles. The third kappa shape index (κ3) is 3.18. The summed E-state index contributed by atoms with van der Waals surface area (Å²) >= 11 is 1.20. The van der Waals surface area contributed by atoms with Crippen LogP contribution in [0.4, 0.5) is 9.39 Å². The molecule has 0 aliphatic carbocycles. The Balaban J connectivity index is 2.14. The minimum Gasteiger partial charge on any atom is -0.462 e. The molecule has 0 saturated heterocycles. The standard InChI is InChI=1S/C13H11FN2O3S/c1-2-19-13(18)9-5-6-20-12(9)16-11(17)8-3-4-10(14)15-7-8/h3-7H,2H2,1H3,(H,16,17). The van der Waals surface area contributed by atoms with E-state index in [0.29, 0.717) is 10.6 Å². The SMILES string of the molecule is CCOC(=O)c1ccsc1NC(=O)c1ccc(F)nc1. The molecule has 0 radical (unpaired) electrons. The highest BCUT2D eigenvalue weighted by Gasteiger charge is 2.16. The summed E-state index contributed by atoms with van der Waals surface area (Å²) in [5.41, 5.74) is 0.495. The molecule has 2 rings (SSSR count). The van der Waals surface area contributed by atoms with Crippen LogP contribution in [-0.2, 0) is 4.74 Å². The Hall–Kier alpha value is -2.28. The monoisotopic (exact) mass is 294 g/mol. The predicted molar refractivity (Wildman–Crippen MR) is 72.4 cm³/mol. The number of anilines is 1. The van der Waals surface area contributed by atoms with Gasteiger partial charge in [0.05, 0.1) is 17.7 Å². The molecular formula is C13H11FN2O3S. The van der Waals surface area contributed by atoms with Crippen molar-refractivity contribution in [1.82, 2.24) is 4.98 Å². The van der Waals surface area contributed by atoms with E-state index < -0.39 is 17.8 Å². The first-order valence-electron chi connectivity index (χ1n) is 5.79. The van der Waals surface area contributed by atoms with Crippen LogP contribution in [0, 0.1) is 5.95 Å². The van der Waals surface area contributed by atoms with Gasteiger partial charge >= 0.3 is 5.97 Å². The number of pyridine rings is 1.